The summed E-state index contributed by atoms with van der Waals surface area (Å²) in [4.78, 5) is 16.1. The number of aromatic nitrogens is 2. The van der Waals surface area contributed by atoms with Crippen LogP contribution < -0.4 is 14.4 Å². The van der Waals surface area contributed by atoms with Gasteiger partial charge in [-0.2, -0.15) is 0 Å². The summed E-state index contributed by atoms with van der Waals surface area (Å²) in [6, 6.07) is 9.71. The Labute approximate surface area is 198 Å². The van der Waals surface area contributed by atoms with Crippen molar-refractivity contribution in [1.82, 2.24) is 10.2 Å². The summed E-state index contributed by atoms with van der Waals surface area (Å²) in [7, 11) is 0. The van der Waals surface area contributed by atoms with Gasteiger partial charge in [0.2, 0.25) is 5.91 Å². The molecule has 3 heterocycles. The molecule has 0 atom stereocenters. The topological polar surface area (TPSA) is 64.6 Å². The van der Waals surface area contributed by atoms with E-state index in [0.717, 1.165) is 30.7 Å². The highest BCUT2D eigenvalue weighted by atomic mass is 32.2. The summed E-state index contributed by atoms with van der Waals surface area (Å²) in [6.07, 6.45) is 2.33. The molecule has 0 radical (unpaired) electrons. The zero-order chi connectivity index (χ0) is 21.5. The summed E-state index contributed by atoms with van der Waals surface area (Å²) in [5.74, 6) is 2.76. The van der Waals surface area contributed by atoms with E-state index in [0.29, 0.717) is 31.3 Å². The Kier molecular flexibility index (Phi) is 8.12. The lowest BCUT2D eigenvalue weighted by molar-refractivity contribution is -0.116. The molecule has 4 rings (SSSR count). The highest BCUT2D eigenvalue weighted by Gasteiger charge is 2.21. The van der Waals surface area contributed by atoms with E-state index in [1.165, 1.54) is 24.6 Å². The van der Waals surface area contributed by atoms with Gasteiger partial charge in [0.25, 0.3) is 0 Å². The lowest BCUT2D eigenvalue weighted by Gasteiger charge is -2.25. The van der Waals surface area contributed by atoms with Crippen molar-refractivity contribution in [3.8, 4) is 11.5 Å². The van der Waals surface area contributed by atoms with Crippen LogP contribution in [-0.4, -0.2) is 40.8 Å². The van der Waals surface area contributed by atoms with Crippen molar-refractivity contribution in [3.05, 3.63) is 40.6 Å². The lowest BCUT2D eigenvalue weighted by atomic mass is 10.2. The highest BCUT2D eigenvalue weighted by Crippen LogP contribution is 2.35. The van der Waals surface area contributed by atoms with E-state index in [9.17, 15) is 4.79 Å². The zero-order valence-electron chi connectivity index (χ0n) is 17.1. The Bertz CT molecular complexity index is 994. The Balaban J connectivity index is 1.44. The third-order valence-electron chi connectivity index (χ3n) is 4.46. The third-order valence-corrected chi connectivity index (χ3v) is 8.59. The number of rotatable bonds is 10. The fourth-order valence-corrected chi connectivity index (χ4v) is 6.64. The molecule has 31 heavy (non-hydrogen) atoms. The second-order valence-electron chi connectivity index (χ2n) is 6.71. The number of ether oxygens (including phenoxy) is 2. The van der Waals surface area contributed by atoms with E-state index >= 15 is 0 Å². The number of amides is 1. The summed E-state index contributed by atoms with van der Waals surface area (Å²) >= 11 is 6.37. The molecule has 164 valence electrons. The average Bonchev–Trinajstić information content (AvgIpc) is 3.48. The molecular formula is C21H23N3O3S4. The maximum Gasteiger partial charge on any atom is 0.237 e. The largest absolute Gasteiger partial charge is 0.486 e. The molecule has 0 N–H and O–H groups in total. The van der Waals surface area contributed by atoms with Crippen molar-refractivity contribution in [2.45, 2.75) is 35.0 Å². The number of thiophene rings is 1. The predicted octanol–water partition coefficient (Wildman–Crippen LogP) is 5.59. The highest BCUT2D eigenvalue weighted by molar-refractivity contribution is 8.03. The van der Waals surface area contributed by atoms with Gasteiger partial charge in [-0.3, -0.25) is 4.79 Å². The first kappa shape index (κ1) is 22.4. The van der Waals surface area contributed by atoms with Crippen LogP contribution in [0.5, 0.6) is 11.5 Å². The molecule has 1 amide bonds. The summed E-state index contributed by atoms with van der Waals surface area (Å²) in [6.45, 7) is 3.75. The van der Waals surface area contributed by atoms with Crippen LogP contribution >= 0.6 is 46.2 Å². The smallest absolute Gasteiger partial charge is 0.237 e. The van der Waals surface area contributed by atoms with Crippen LogP contribution in [0.2, 0.25) is 0 Å². The van der Waals surface area contributed by atoms with Crippen molar-refractivity contribution < 1.29 is 14.3 Å². The molecule has 1 aliphatic heterocycles. The normalized spacial score (nSPS) is 12.7. The Morgan fingerprint density at radius 1 is 1.13 bits per heavy atom. The standard InChI is InChI=1S/C21H23N3O3S4/c1-2-3-10-29-20-22-23-21(31-20)30-14-19(25)24(13-16-5-4-11-28-16)15-6-7-17-18(12-15)27-9-8-26-17/h4-7,11-12H,2-3,8-10,13-14H2,1H3. The molecular weight excluding hydrogens is 471 g/mol. The molecule has 3 aromatic rings. The van der Waals surface area contributed by atoms with E-state index in [2.05, 4.69) is 17.1 Å². The van der Waals surface area contributed by atoms with Crippen molar-refractivity contribution >= 4 is 57.8 Å². The van der Waals surface area contributed by atoms with Gasteiger partial charge in [0.1, 0.15) is 13.2 Å². The van der Waals surface area contributed by atoms with Crippen LogP contribution in [0.4, 0.5) is 5.69 Å². The monoisotopic (exact) mass is 493 g/mol. The summed E-state index contributed by atoms with van der Waals surface area (Å²) < 4.78 is 13.1. The Hall–Kier alpha value is -1.75. The molecule has 0 unspecified atom stereocenters. The van der Waals surface area contributed by atoms with Gasteiger partial charge in [0.15, 0.2) is 20.2 Å². The molecule has 0 saturated carbocycles. The van der Waals surface area contributed by atoms with Gasteiger partial charge in [-0.15, -0.1) is 21.5 Å². The molecule has 10 heteroatoms. The molecule has 0 spiro atoms. The second kappa shape index (κ2) is 11.2. The van der Waals surface area contributed by atoms with Crippen molar-refractivity contribution in [2.75, 3.05) is 29.6 Å². The maximum absolute atomic E-state index is 13.2. The van der Waals surface area contributed by atoms with E-state index in [1.807, 2.05) is 35.7 Å². The fraction of sp³-hybridized carbons (Fsp3) is 0.381. The second-order valence-corrected chi connectivity index (χ2v) is 11.3. The number of anilines is 1. The number of hydrogen-bond acceptors (Lipinski definition) is 9. The van der Waals surface area contributed by atoms with Crippen molar-refractivity contribution in [3.63, 3.8) is 0 Å². The van der Waals surface area contributed by atoms with Gasteiger partial charge in [-0.05, 0) is 30.0 Å². The van der Waals surface area contributed by atoms with Gasteiger partial charge in [-0.1, -0.05) is 54.3 Å². The van der Waals surface area contributed by atoms with E-state index in [1.54, 1.807) is 39.3 Å². The summed E-state index contributed by atoms with van der Waals surface area (Å²) in [5.41, 5.74) is 0.802. The minimum absolute atomic E-state index is 0.0189. The van der Waals surface area contributed by atoms with Crippen LogP contribution in [0.25, 0.3) is 0 Å². The number of carbonyl (C=O) groups excluding carboxylic acids is 1. The molecule has 0 aliphatic carbocycles. The SMILES string of the molecule is CCCCSc1nnc(SCC(=O)N(Cc2cccs2)c2ccc3c(c2)OCCO3)s1. The first-order valence-electron chi connectivity index (χ1n) is 10.0. The van der Waals surface area contributed by atoms with Gasteiger partial charge in [0.05, 0.1) is 12.3 Å². The van der Waals surface area contributed by atoms with Gasteiger partial charge in [-0.25, -0.2) is 0 Å². The number of hydrogen-bond donors (Lipinski definition) is 0. The lowest BCUT2D eigenvalue weighted by Crippen LogP contribution is -2.31. The quantitative estimate of drug-likeness (QED) is 0.269. The van der Waals surface area contributed by atoms with Gasteiger partial charge in [0, 0.05) is 22.4 Å². The zero-order valence-corrected chi connectivity index (χ0v) is 20.4. The van der Waals surface area contributed by atoms with Gasteiger partial charge < -0.3 is 14.4 Å². The molecule has 0 bridgehead atoms. The number of nitrogens with zero attached hydrogens (tertiary/aromatic N) is 3. The third kappa shape index (κ3) is 6.15. The van der Waals surface area contributed by atoms with Crippen LogP contribution in [-0.2, 0) is 11.3 Å². The van der Waals surface area contributed by atoms with Crippen molar-refractivity contribution in [2.24, 2.45) is 0 Å². The van der Waals surface area contributed by atoms with E-state index in [-0.39, 0.29) is 5.91 Å². The van der Waals surface area contributed by atoms with Crippen LogP contribution in [0.1, 0.15) is 24.6 Å². The number of thioether (sulfide) groups is 2. The Morgan fingerprint density at radius 2 is 1.94 bits per heavy atom. The average molecular weight is 494 g/mol. The molecule has 2 aromatic heterocycles. The molecule has 0 fully saturated rings. The number of benzene rings is 1. The van der Waals surface area contributed by atoms with E-state index in [4.69, 9.17) is 9.47 Å². The van der Waals surface area contributed by atoms with Crippen LogP contribution in [0.15, 0.2) is 44.4 Å². The van der Waals surface area contributed by atoms with Crippen LogP contribution in [0, 0.1) is 0 Å². The van der Waals surface area contributed by atoms with E-state index < -0.39 is 0 Å². The van der Waals surface area contributed by atoms with Gasteiger partial charge >= 0.3 is 0 Å². The predicted molar refractivity (Wildman–Crippen MR) is 129 cm³/mol. The summed E-state index contributed by atoms with van der Waals surface area (Å²) in [5, 5.41) is 10.5. The number of carbonyl (C=O) groups is 1. The first-order chi connectivity index (χ1) is 15.2. The maximum atomic E-state index is 13.2. The minimum Gasteiger partial charge on any atom is -0.486 e. The number of unbranched alkanes of at least 4 members (excludes halogenated alkanes) is 1. The molecule has 6 nitrogen and oxygen atoms in total. The molecule has 0 saturated heterocycles. The van der Waals surface area contributed by atoms with Crippen LogP contribution in [0.3, 0.4) is 0 Å². The first-order valence-corrected chi connectivity index (χ1v) is 13.7. The Morgan fingerprint density at radius 3 is 2.71 bits per heavy atom. The number of fused-ring (bicyclic) bond motifs is 1. The van der Waals surface area contributed by atoms with Crippen molar-refractivity contribution in [1.29, 1.82) is 0 Å². The minimum atomic E-state index is 0.0189. The fourth-order valence-electron chi connectivity index (χ4n) is 2.90. The molecule has 1 aromatic carbocycles. The molecule has 1 aliphatic rings.